The van der Waals surface area contributed by atoms with Crippen molar-refractivity contribution in [3.05, 3.63) is 74.2 Å². The van der Waals surface area contributed by atoms with Crippen LogP contribution in [0.5, 0.6) is 0 Å². The smallest absolute Gasteiger partial charge is 0.285 e. The fourth-order valence-corrected chi connectivity index (χ4v) is 1.95. The largest absolute Gasteiger partial charge is 0.304 e. The third-order valence-corrected chi connectivity index (χ3v) is 3.18. The van der Waals surface area contributed by atoms with E-state index in [2.05, 4.69) is 13.8 Å². The second-order valence-corrected chi connectivity index (χ2v) is 5.01. The Balaban J connectivity index is 2.27. The first-order valence-corrected chi connectivity index (χ1v) is 6.41. The van der Waals surface area contributed by atoms with E-state index < -0.39 is 4.92 Å². The van der Waals surface area contributed by atoms with Crippen molar-refractivity contribution in [2.24, 2.45) is 0 Å². The van der Waals surface area contributed by atoms with Gasteiger partial charge in [0.2, 0.25) is 0 Å². The van der Waals surface area contributed by atoms with Crippen LogP contribution in [0.1, 0.15) is 30.9 Å². The minimum Gasteiger partial charge on any atom is -0.304 e. The molecule has 0 saturated carbocycles. The second kappa shape index (κ2) is 5.69. The number of hydrogen-bond donors (Lipinski definition) is 0. The fourth-order valence-electron chi connectivity index (χ4n) is 1.95. The Morgan fingerprint density at radius 2 is 1.80 bits per heavy atom. The van der Waals surface area contributed by atoms with Crippen molar-refractivity contribution in [3.63, 3.8) is 0 Å². The van der Waals surface area contributed by atoms with Crippen molar-refractivity contribution in [1.29, 1.82) is 0 Å². The lowest BCUT2D eigenvalue weighted by Gasteiger charge is -2.08. The van der Waals surface area contributed by atoms with E-state index in [-0.39, 0.29) is 11.2 Å². The lowest BCUT2D eigenvalue weighted by Crippen LogP contribution is -2.19. The van der Waals surface area contributed by atoms with E-state index in [1.807, 2.05) is 24.3 Å². The number of aromatic nitrogens is 1. The molecule has 0 aliphatic carbocycles. The summed E-state index contributed by atoms with van der Waals surface area (Å²) < 4.78 is 1.35. The third kappa shape index (κ3) is 3.12. The Hall–Kier alpha value is -2.43. The van der Waals surface area contributed by atoms with Crippen LogP contribution in [0, 0.1) is 10.1 Å². The SMILES string of the molecule is CC(C)c1ccc(Cn2cc([N+](=O)[O-])ccc2=O)cc1. The quantitative estimate of drug-likeness (QED) is 0.635. The van der Waals surface area contributed by atoms with Crippen LogP contribution < -0.4 is 5.56 Å². The van der Waals surface area contributed by atoms with Crippen LogP contribution in [0.2, 0.25) is 0 Å². The van der Waals surface area contributed by atoms with Gasteiger partial charge >= 0.3 is 0 Å². The predicted molar refractivity (Wildman–Crippen MR) is 77.0 cm³/mol. The first-order chi connectivity index (χ1) is 9.47. The van der Waals surface area contributed by atoms with Crippen LogP contribution >= 0.6 is 0 Å². The van der Waals surface area contributed by atoms with E-state index in [4.69, 9.17) is 0 Å². The predicted octanol–water partition coefficient (Wildman–Crippen LogP) is 2.93. The van der Waals surface area contributed by atoms with Crippen molar-refractivity contribution in [1.82, 2.24) is 4.57 Å². The highest BCUT2D eigenvalue weighted by Gasteiger charge is 2.08. The molecule has 0 N–H and O–H groups in total. The maximum atomic E-state index is 11.7. The van der Waals surface area contributed by atoms with Gasteiger partial charge in [-0.25, -0.2) is 0 Å². The van der Waals surface area contributed by atoms with Gasteiger partial charge in [-0.3, -0.25) is 14.9 Å². The summed E-state index contributed by atoms with van der Waals surface area (Å²) in [5.74, 6) is 0.449. The van der Waals surface area contributed by atoms with Gasteiger partial charge in [0, 0.05) is 12.1 Å². The van der Waals surface area contributed by atoms with Crippen LogP contribution in [-0.2, 0) is 6.54 Å². The average molecular weight is 272 g/mol. The van der Waals surface area contributed by atoms with Crippen LogP contribution in [0.4, 0.5) is 5.69 Å². The van der Waals surface area contributed by atoms with Gasteiger partial charge in [-0.2, -0.15) is 0 Å². The van der Waals surface area contributed by atoms with Gasteiger partial charge < -0.3 is 4.57 Å². The molecule has 0 spiro atoms. The molecule has 0 bridgehead atoms. The Labute approximate surface area is 116 Å². The topological polar surface area (TPSA) is 65.1 Å². The highest BCUT2D eigenvalue weighted by molar-refractivity contribution is 5.27. The van der Waals surface area contributed by atoms with Crippen molar-refractivity contribution >= 4 is 5.69 Å². The third-order valence-electron chi connectivity index (χ3n) is 3.18. The first-order valence-electron chi connectivity index (χ1n) is 6.41. The van der Waals surface area contributed by atoms with E-state index in [0.717, 1.165) is 5.56 Å². The molecule has 5 nitrogen and oxygen atoms in total. The number of hydrogen-bond acceptors (Lipinski definition) is 3. The van der Waals surface area contributed by atoms with Gasteiger partial charge in [-0.05, 0) is 17.0 Å². The Kier molecular flexibility index (Phi) is 3.98. The lowest BCUT2D eigenvalue weighted by atomic mass is 10.0. The zero-order valence-electron chi connectivity index (χ0n) is 11.4. The molecule has 0 amide bonds. The monoisotopic (exact) mass is 272 g/mol. The Morgan fingerprint density at radius 3 is 2.35 bits per heavy atom. The number of benzene rings is 1. The zero-order valence-corrected chi connectivity index (χ0v) is 11.4. The molecular weight excluding hydrogens is 256 g/mol. The number of nitro groups is 1. The highest BCUT2D eigenvalue weighted by Crippen LogP contribution is 2.15. The molecule has 0 aliphatic rings. The van der Waals surface area contributed by atoms with Gasteiger partial charge in [-0.1, -0.05) is 38.1 Å². The summed E-state index contributed by atoms with van der Waals surface area (Å²) in [5, 5.41) is 10.7. The van der Waals surface area contributed by atoms with Gasteiger partial charge in [0.15, 0.2) is 0 Å². The maximum absolute atomic E-state index is 11.7. The van der Waals surface area contributed by atoms with Gasteiger partial charge in [-0.15, -0.1) is 0 Å². The molecule has 0 fully saturated rings. The Bertz CT molecular complexity index is 672. The summed E-state index contributed by atoms with van der Waals surface area (Å²) in [6.07, 6.45) is 1.28. The molecule has 2 aromatic rings. The van der Waals surface area contributed by atoms with Crippen molar-refractivity contribution in [2.75, 3.05) is 0 Å². The minimum absolute atomic E-state index is 0.0802. The van der Waals surface area contributed by atoms with E-state index in [1.54, 1.807) is 0 Å². The van der Waals surface area contributed by atoms with Crippen LogP contribution in [0.3, 0.4) is 0 Å². The summed E-state index contributed by atoms with van der Waals surface area (Å²) in [7, 11) is 0. The average Bonchev–Trinajstić information content (AvgIpc) is 2.41. The van der Waals surface area contributed by atoms with Crippen molar-refractivity contribution in [2.45, 2.75) is 26.3 Å². The summed E-state index contributed by atoms with van der Waals surface area (Å²) >= 11 is 0. The second-order valence-electron chi connectivity index (χ2n) is 5.01. The normalized spacial score (nSPS) is 10.8. The molecule has 5 heteroatoms. The van der Waals surface area contributed by atoms with Crippen LogP contribution in [0.15, 0.2) is 47.4 Å². The molecule has 0 atom stereocenters. The molecule has 0 aliphatic heterocycles. The number of nitrogens with zero attached hydrogens (tertiary/aromatic N) is 2. The zero-order chi connectivity index (χ0) is 14.7. The fraction of sp³-hybridized carbons (Fsp3) is 0.267. The summed E-state index contributed by atoms with van der Waals surface area (Å²) in [4.78, 5) is 21.9. The van der Waals surface area contributed by atoms with Crippen LogP contribution in [0.25, 0.3) is 0 Å². The molecule has 20 heavy (non-hydrogen) atoms. The van der Waals surface area contributed by atoms with E-state index in [9.17, 15) is 14.9 Å². The summed E-state index contributed by atoms with van der Waals surface area (Å²) in [6.45, 7) is 4.55. The highest BCUT2D eigenvalue weighted by atomic mass is 16.6. The van der Waals surface area contributed by atoms with Crippen LogP contribution in [-0.4, -0.2) is 9.49 Å². The standard InChI is InChI=1S/C15H16N2O3/c1-11(2)13-5-3-12(4-6-13)9-16-10-14(17(19)20)7-8-15(16)18/h3-8,10-11H,9H2,1-2H3. The summed E-state index contributed by atoms with van der Waals surface area (Å²) in [6, 6.07) is 10.4. The Morgan fingerprint density at radius 1 is 1.15 bits per heavy atom. The molecule has 2 rings (SSSR count). The maximum Gasteiger partial charge on any atom is 0.285 e. The molecule has 0 radical (unpaired) electrons. The molecule has 1 aromatic heterocycles. The van der Waals surface area contributed by atoms with Gasteiger partial charge in [0.1, 0.15) is 0 Å². The van der Waals surface area contributed by atoms with Crippen molar-refractivity contribution < 1.29 is 4.92 Å². The number of rotatable bonds is 4. The molecular formula is C15H16N2O3. The molecule has 104 valence electrons. The minimum atomic E-state index is -0.502. The molecule has 0 saturated heterocycles. The molecule has 1 heterocycles. The van der Waals surface area contributed by atoms with Crippen molar-refractivity contribution in [3.8, 4) is 0 Å². The first kappa shape index (κ1) is 14.0. The van der Waals surface area contributed by atoms with E-state index in [1.165, 1.54) is 28.5 Å². The number of pyridine rings is 1. The molecule has 1 aromatic carbocycles. The van der Waals surface area contributed by atoms with Gasteiger partial charge in [0.05, 0.1) is 17.7 Å². The van der Waals surface area contributed by atoms with E-state index in [0.29, 0.717) is 12.5 Å². The molecule has 0 unspecified atom stereocenters. The summed E-state index contributed by atoms with van der Waals surface area (Å²) in [5.41, 5.74) is 1.84. The lowest BCUT2D eigenvalue weighted by molar-refractivity contribution is -0.385. The van der Waals surface area contributed by atoms with Gasteiger partial charge in [0.25, 0.3) is 11.2 Å². The van der Waals surface area contributed by atoms with E-state index >= 15 is 0 Å².